The van der Waals surface area contributed by atoms with Crippen molar-refractivity contribution in [3.8, 4) is 0 Å². The molecule has 1 saturated carbocycles. The first-order valence-corrected chi connectivity index (χ1v) is 3.82. The molecule has 1 fully saturated rings. The Labute approximate surface area is 66.0 Å². The molecule has 11 heavy (non-hydrogen) atoms. The predicted molar refractivity (Wildman–Crippen MR) is 40.2 cm³/mol. The summed E-state index contributed by atoms with van der Waals surface area (Å²) in [7, 11) is 0. The van der Waals surface area contributed by atoms with E-state index in [0.717, 1.165) is 0 Å². The Morgan fingerprint density at radius 2 is 2.00 bits per heavy atom. The minimum Gasteiger partial charge on any atom is -0.481 e. The number of carboxylic acid groups (broad SMARTS) is 1. The standard InChI is InChI=1S/C8H14O3/c1-7(2,11)5-8(3-4-8)6(9)10/h11H,3-5H2,1-2H3,(H,9,10). The largest absolute Gasteiger partial charge is 0.481 e. The number of carboxylic acids is 1. The molecule has 64 valence electrons. The minimum absolute atomic E-state index is 0.370. The van der Waals surface area contributed by atoms with E-state index >= 15 is 0 Å². The summed E-state index contributed by atoms with van der Waals surface area (Å²) in [5.74, 6) is -0.764. The van der Waals surface area contributed by atoms with Crippen LogP contribution in [0.4, 0.5) is 0 Å². The lowest BCUT2D eigenvalue weighted by molar-refractivity contribution is -0.145. The fourth-order valence-corrected chi connectivity index (χ4v) is 1.45. The molecular weight excluding hydrogens is 144 g/mol. The summed E-state index contributed by atoms with van der Waals surface area (Å²) in [6, 6.07) is 0. The minimum atomic E-state index is -0.852. The van der Waals surface area contributed by atoms with Crippen molar-refractivity contribution in [2.24, 2.45) is 5.41 Å². The van der Waals surface area contributed by atoms with Crippen molar-refractivity contribution in [2.45, 2.75) is 38.7 Å². The third-order valence-electron chi connectivity index (χ3n) is 2.08. The van der Waals surface area contributed by atoms with E-state index in [4.69, 9.17) is 5.11 Å². The van der Waals surface area contributed by atoms with Crippen LogP contribution in [-0.2, 0) is 4.79 Å². The zero-order valence-corrected chi connectivity index (χ0v) is 6.92. The van der Waals surface area contributed by atoms with Gasteiger partial charge in [-0.05, 0) is 33.1 Å². The summed E-state index contributed by atoms with van der Waals surface area (Å²) in [5.41, 5.74) is -1.45. The molecule has 1 aliphatic rings. The van der Waals surface area contributed by atoms with Crippen LogP contribution in [0.3, 0.4) is 0 Å². The summed E-state index contributed by atoms with van der Waals surface area (Å²) >= 11 is 0. The van der Waals surface area contributed by atoms with Gasteiger partial charge in [-0.25, -0.2) is 0 Å². The number of hydrogen-bond donors (Lipinski definition) is 2. The average molecular weight is 158 g/mol. The number of carbonyl (C=O) groups is 1. The van der Waals surface area contributed by atoms with Crippen LogP contribution in [0.5, 0.6) is 0 Å². The summed E-state index contributed by atoms with van der Waals surface area (Å²) in [6.07, 6.45) is 1.80. The molecule has 0 unspecified atom stereocenters. The van der Waals surface area contributed by atoms with E-state index < -0.39 is 17.0 Å². The zero-order chi connectivity index (χ0) is 8.70. The second-order valence-corrected chi connectivity index (χ2v) is 4.07. The predicted octanol–water partition coefficient (Wildman–Crippen LogP) is 1.01. The lowest BCUT2D eigenvalue weighted by Crippen LogP contribution is -2.28. The topological polar surface area (TPSA) is 57.5 Å². The van der Waals surface area contributed by atoms with Gasteiger partial charge in [0.1, 0.15) is 0 Å². The first-order chi connectivity index (χ1) is 4.86. The molecule has 0 aliphatic heterocycles. The molecule has 0 bridgehead atoms. The van der Waals surface area contributed by atoms with E-state index in [9.17, 15) is 9.90 Å². The Morgan fingerprint density at radius 1 is 1.55 bits per heavy atom. The molecule has 0 amide bonds. The highest BCUT2D eigenvalue weighted by molar-refractivity contribution is 5.77. The van der Waals surface area contributed by atoms with E-state index in [1.807, 2.05) is 0 Å². The Kier molecular flexibility index (Phi) is 1.71. The van der Waals surface area contributed by atoms with Crippen molar-refractivity contribution < 1.29 is 15.0 Å². The third kappa shape index (κ3) is 1.93. The molecule has 3 heteroatoms. The molecule has 0 radical (unpaired) electrons. The third-order valence-corrected chi connectivity index (χ3v) is 2.08. The average Bonchev–Trinajstić information content (AvgIpc) is 2.43. The van der Waals surface area contributed by atoms with Gasteiger partial charge in [0, 0.05) is 0 Å². The van der Waals surface area contributed by atoms with Gasteiger partial charge in [-0.1, -0.05) is 0 Å². The van der Waals surface area contributed by atoms with E-state index in [1.165, 1.54) is 0 Å². The first-order valence-electron chi connectivity index (χ1n) is 3.82. The Morgan fingerprint density at radius 3 is 2.09 bits per heavy atom. The smallest absolute Gasteiger partial charge is 0.309 e. The quantitative estimate of drug-likeness (QED) is 0.644. The highest BCUT2D eigenvalue weighted by Gasteiger charge is 2.52. The molecule has 1 rings (SSSR count). The molecular formula is C8H14O3. The van der Waals surface area contributed by atoms with Crippen molar-refractivity contribution in [3.63, 3.8) is 0 Å². The maximum atomic E-state index is 10.7. The van der Waals surface area contributed by atoms with Gasteiger partial charge in [0.15, 0.2) is 0 Å². The molecule has 0 atom stereocenters. The van der Waals surface area contributed by atoms with Gasteiger partial charge in [-0.15, -0.1) is 0 Å². The van der Waals surface area contributed by atoms with Crippen molar-refractivity contribution in [1.82, 2.24) is 0 Å². The van der Waals surface area contributed by atoms with E-state index in [2.05, 4.69) is 0 Å². The van der Waals surface area contributed by atoms with Crippen LogP contribution >= 0.6 is 0 Å². The molecule has 0 saturated heterocycles. The van der Waals surface area contributed by atoms with Gasteiger partial charge in [0.25, 0.3) is 0 Å². The van der Waals surface area contributed by atoms with Gasteiger partial charge >= 0.3 is 5.97 Å². The summed E-state index contributed by atoms with van der Waals surface area (Å²) in [6.45, 7) is 3.30. The van der Waals surface area contributed by atoms with Crippen LogP contribution in [0.15, 0.2) is 0 Å². The molecule has 0 heterocycles. The van der Waals surface area contributed by atoms with Gasteiger partial charge in [-0.2, -0.15) is 0 Å². The molecule has 2 N–H and O–H groups in total. The molecule has 0 aromatic carbocycles. The van der Waals surface area contributed by atoms with Crippen LogP contribution in [0.1, 0.15) is 33.1 Å². The fraction of sp³-hybridized carbons (Fsp3) is 0.875. The Hall–Kier alpha value is -0.570. The fourth-order valence-electron chi connectivity index (χ4n) is 1.45. The maximum absolute atomic E-state index is 10.7. The SMILES string of the molecule is CC(C)(O)CC1(C(=O)O)CC1. The summed E-state index contributed by atoms with van der Waals surface area (Å²) in [4.78, 5) is 10.7. The van der Waals surface area contributed by atoms with E-state index in [0.29, 0.717) is 19.3 Å². The highest BCUT2D eigenvalue weighted by atomic mass is 16.4. The van der Waals surface area contributed by atoms with Crippen molar-refractivity contribution >= 4 is 5.97 Å². The zero-order valence-electron chi connectivity index (χ0n) is 6.92. The van der Waals surface area contributed by atoms with Gasteiger partial charge in [0.2, 0.25) is 0 Å². The van der Waals surface area contributed by atoms with Crippen molar-refractivity contribution in [3.05, 3.63) is 0 Å². The number of aliphatic hydroxyl groups is 1. The maximum Gasteiger partial charge on any atom is 0.309 e. The van der Waals surface area contributed by atoms with E-state index in [-0.39, 0.29) is 0 Å². The van der Waals surface area contributed by atoms with Gasteiger partial charge < -0.3 is 10.2 Å². The highest BCUT2D eigenvalue weighted by Crippen LogP contribution is 2.51. The van der Waals surface area contributed by atoms with Crippen LogP contribution in [-0.4, -0.2) is 21.8 Å². The molecule has 0 spiro atoms. The monoisotopic (exact) mass is 158 g/mol. The van der Waals surface area contributed by atoms with Crippen LogP contribution in [0, 0.1) is 5.41 Å². The van der Waals surface area contributed by atoms with Gasteiger partial charge in [-0.3, -0.25) is 4.79 Å². The molecule has 1 aliphatic carbocycles. The molecule has 0 aromatic rings. The van der Waals surface area contributed by atoms with Crippen LogP contribution in [0.2, 0.25) is 0 Å². The Balaban J connectivity index is 2.55. The van der Waals surface area contributed by atoms with Crippen molar-refractivity contribution in [1.29, 1.82) is 0 Å². The summed E-state index contributed by atoms with van der Waals surface area (Å²) < 4.78 is 0. The number of hydrogen-bond acceptors (Lipinski definition) is 2. The number of rotatable bonds is 3. The van der Waals surface area contributed by atoms with Crippen LogP contribution in [0.25, 0.3) is 0 Å². The summed E-state index contributed by atoms with van der Waals surface area (Å²) in [5, 5.41) is 18.1. The molecule has 0 aromatic heterocycles. The second-order valence-electron chi connectivity index (χ2n) is 4.07. The Bertz CT molecular complexity index is 174. The second kappa shape index (κ2) is 2.21. The van der Waals surface area contributed by atoms with Crippen LogP contribution < -0.4 is 0 Å². The van der Waals surface area contributed by atoms with Gasteiger partial charge in [0.05, 0.1) is 11.0 Å². The van der Waals surface area contributed by atoms with Crippen molar-refractivity contribution in [2.75, 3.05) is 0 Å². The van der Waals surface area contributed by atoms with E-state index in [1.54, 1.807) is 13.8 Å². The lowest BCUT2D eigenvalue weighted by atomic mass is 9.91. The number of aliphatic carboxylic acids is 1. The normalized spacial score (nSPS) is 21.4. The lowest BCUT2D eigenvalue weighted by Gasteiger charge is -2.21. The molecule has 3 nitrogen and oxygen atoms in total. The first kappa shape index (κ1) is 8.53.